The van der Waals surface area contributed by atoms with E-state index in [9.17, 15) is 4.79 Å². The van der Waals surface area contributed by atoms with E-state index < -0.39 is 0 Å². The van der Waals surface area contributed by atoms with Crippen LogP contribution < -0.4 is 5.32 Å². The lowest BCUT2D eigenvalue weighted by atomic mass is 10.0. The number of piperidine rings is 1. The average Bonchev–Trinajstić information content (AvgIpc) is 2.47. The number of likely N-dealkylation sites (tertiary alicyclic amines) is 1. The molecule has 0 radical (unpaired) electrons. The Morgan fingerprint density at radius 2 is 2.05 bits per heavy atom. The summed E-state index contributed by atoms with van der Waals surface area (Å²) < 4.78 is 0. The molecule has 1 aliphatic heterocycles. The van der Waals surface area contributed by atoms with Crippen LogP contribution in [0.5, 0.6) is 0 Å². The first-order chi connectivity index (χ1) is 9.70. The second-order valence-corrected chi connectivity index (χ2v) is 5.78. The van der Waals surface area contributed by atoms with Gasteiger partial charge in [-0.15, -0.1) is 0 Å². The molecule has 110 valence electrons. The van der Waals surface area contributed by atoms with Crippen LogP contribution in [0.15, 0.2) is 24.3 Å². The number of hydrogen-bond donors (Lipinski definition) is 1. The van der Waals surface area contributed by atoms with E-state index in [1.165, 1.54) is 17.5 Å². The van der Waals surface area contributed by atoms with Crippen molar-refractivity contribution in [1.82, 2.24) is 10.2 Å². The topological polar surface area (TPSA) is 32.3 Å². The Labute approximate surface area is 122 Å². The van der Waals surface area contributed by atoms with Crippen LogP contribution in [-0.4, -0.2) is 37.0 Å². The molecule has 1 atom stereocenters. The standard InChI is InChI=1S/C17H26N2O/c1-14-6-8-15(9-7-14)10-11-17(20)19-12-4-3-5-16(19)13-18-2/h6-9,16,18H,3-5,10-13H2,1-2H3. The molecule has 0 spiro atoms. The molecule has 0 aromatic heterocycles. The number of nitrogens with one attached hydrogen (secondary N) is 1. The fourth-order valence-corrected chi connectivity index (χ4v) is 2.93. The van der Waals surface area contributed by atoms with Crippen LogP contribution in [0.3, 0.4) is 0 Å². The zero-order valence-electron chi connectivity index (χ0n) is 12.7. The van der Waals surface area contributed by atoms with Crippen molar-refractivity contribution >= 4 is 5.91 Å². The van der Waals surface area contributed by atoms with Gasteiger partial charge in [0.1, 0.15) is 0 Å². The van der Waals surface area contributed by atoms with Gasteiger partial charge in [0.15, 0.2) is 0 Å². The van der Waals surface area contributed by atoms with E-state index in [1.807, 2.05) is 7.05 Å². The van der Waals surface area contributed by atoms with Gasteiger partial charge in [0.05, 0.1) is 0 Å². The van der Waals surface area contributed by atoms with Gasteiger partial charge < -0.3 is 10.2 Å². The molecule has 1 aromatic rings. The number of carbonyl (C=O) groups is 1. The van der Waals surface area contributed by atoms with Crippen LogP contribution in [0.2, 0.25) is 0 Å². The molecule has 1 unspecified atom stereocenters. The highest BCUT2D eigenvalue weighted by molar-refractivity contribution is 5.77. The SMILES string of the molecule is CNCC1CCCCN1C(=O)CCc1ccc(C)cc1. The fourth-order valence-electron chi connectivity index (χ4n) is 2.93. The van der Waals surface area contributed by atoms with E-state index in [-0.39, 0.29) is 0 Å². The van der Waals surface area contributed by atoms with Crippen molar-refractivity contribution in [3.05, 3.63) is 35.4 Å². The van der Waals surface area contributed by atoms with Crippen molar-refractivity contribution in [2.45, 2.75) is 45.1 Å². The molecule has 0 aliphatic carbocycles. The molecule has 0 bridgehead atoms. The minimum absolute atomic E-state index is 0.311. The van der Waals surface area contributed by atoms with Crippen molar-refractivity contribution in [1.29, 1.82) is 0 Å². The quantitative estimate of drug-likeness (QED) is 0.895. The minimum atomic E-state index is 0.311. The van der Waals surface area contributed by atoms with Gasteiger partial charge >= 0.3 is 0 Å². The van der Waals surface area contributed by atoms with Gasteiger partial charge in [-0.25, -0.2) is 0 Å². The first kappa shape index (κ1) is 15.0. The smallest absolute Gasteiger partial charge is 0.223 e. The van der Waals surface area contributed by atoms with Gasteiger partial charge in [-0.3, -0.25) is 4.79 Å². The average molecular weight is 274 g/mol. The molecular formula is C17H26N2O. The number of amides is 1. The molecular weight excluding hydrogens is 248 g/mol. The largest absolute Gasteiger partial charge is 0.338 e. The molecule has 3 heteroatoms. The van der Waals surface area contributed by atoms with Gasteiger partial charge in [-0.1, -0.05) is 29.8 Å². The molecule has 3 nitrogen and oxygen atoms in total. The summed E-state index contributed by atoms with van der Waals surface area (Å²) in [5.74, 6) is 0.311. The Kier molecular flexibility index (Phi) is 5.60. The fraction of sp³-hybridized carbons (Fsp3) is 0.588. The van der Waals surface area contributed by atoms with Gasteiger partial charge in [0, 0.05) is 25.6 Å². The van der Waals surface area contributed by atoms with Crippen LogP contribution in [0, 0.1) is 6.92 Å². The van der Waals surface area contributed by atoms with Gasteiger partial charge in [0.2, 0.25) is 5.91 Å². The lowest BCUT2D eigenvalue weighted by Gasteiger charge is -2.36. The van der Waals surface area contributed by atoms with E-state index in [0.29, 0.717) is 18.4 Å². The maximum Gasteiger partial charge on any atom is 0.223 e. The number of benzene rings is 1. The number of aryl methyl sites for hydroxylation is 2. The normalized spacial score (nSPS) is 19.1. The Balaban J connectivity index is 1.88. The van der Waals surface area contributed by atoms with Gasteiger partial charge in [0.25, 0.3) is 0 Å². The van der Waals surface area contributed by atoms with Crippen molar-refractivity contribution < 1.29 is 4.79 Å². The van der Waals surface area contributed by atoms with Crippen molar-refractivity contribution in [3.63, 3.8) is 0 Å². The third-order valence-corrected chi connectivity index (χ3v) is 4.14. The molecule has 20 heavy (non-hydrogen) atoms. The summed E-state index contributed by atoms with van der Waals surface area (Å²) >= 11 is 0. The first-order valence-electron chi connectivity index (χ1n) is 7.70. The summed E-state index contributed by atoms with van der Waals surface area (Å²) in [6, 6.07) is 8.88. The van der Waals surface area contributed by atoms with E-state index >= 15 is 0 Å². The summed E-state index contributed by atoms with van der Waals surface area (Å²) in [4.78, 5) is 14.5. The molecule has 1 heterocycles. The molecule has 1 saturated heterocycles. The zero-order chi connectivity index (χ0) is 14.4. The maximum absolute atomic E-state index is 12.4. The van der Waals surface area contributed by atoms with Crippen LogP contribution in [0.4, 0.5) is 0 Å². The molecule has 1 fully saturated rings. The molecule has 2 rings (SSSR count). The lowest BCUT2D eigenvalue weighted by Crippen LogP contribution is -2.48. The summed E-state index contributed by atoms with van der Waals surface area (Å²) in [6.07, 6.45) is 5.01. The Morgan fingerprint density at radius 3 is 2.75 bits per heavy atom. The molecule has 1 aromatic carbocycles. The highest BCUT2D eigenvalue weighted by Crippen LogP contribution is 2.18. The summed E-state index contributed by atoms with van der Waals surface area (Å²) in [5, 5.41) is 3.21. The van der Waals surface area contributed by atoms with Crippen LogP contribution in [0.25, 0.3) is 0 Å². The Bertz CT molecular complexity index is 425. The van der Waals surface area contributed by atoms with E-state index in [2.05, 4.69) is 41.4 Å². The van der Waals surface area contributed by atoms with E-state index in [1.54, 1.807) is 0 Å². The second kappa shape index (κ2) is 7.44. The Hall–Kier alpha value is -1.35. The lowest BCUT2D eigenvalue weighted by molar-refractivity contribution is -0.134. The maximum atomic E-state index is 12.4. The zero-order valence-corrected chi connectivity index (χ0v) is 12.7. The Morgan fingerprint density at radius 1 is 1.30 bits per heavy atom. The molecule has 1 amide bonds. The first-order valence-corrected chi connectivity index (χ1v) is 7.70. The van der Waals surface area contributed by atoms with Crippen LogP contribution in [-0.2, 0) is 11.2 Å². The number of nitrogens with zero attached hydrogens (tertiary/aromatic N) is 1. The highest BCUT2D eigenvalue weighted by Gasteiger charge is 2.25. The number of likely N-dealkylation sites (N-methyl/N-ethyl adjacent to an activating group) is 1. The van der Waals surface area contributed by atoms with Crippen LogP contribution >= 0.6 is 0 Å². The summed E-state index contributed by atoms with van der Waals surface area (Å²) in [5.41, 5.74) is 2.52. The molecule has 0 saturated carbocycles. The number of carbonyl (C=O) groups excluding carboxylic acids is 1. The van der Waals surface area contributed by atoms with E-state index in [0.717, 1.165) is 32.4 Å². The van der Waals surface area contributed by atoms with Crippen LogP contribution in [0.1, 0.15) is 36.8 Å². The minimum Gasteiger partial charge on any atom is -0.338 e. The number of hydrogen-bond acceptors (Lipinski definition) is 2. The second-order valence-electron chi connectivity index (χ2n) is 5.78. The summed E-state index contributed by atoms with van der Waals surface area (Å²) in [6.45, 7) is 3.93. The number of rotatable bonds is 5. The third-order valence-electron chi connectivity index (χ3n) is 4.14. The highest BCUT2D eigenvalue weighted by atomic mass is 16.2. The van der Waals surface area contributed by atoms with Crippen molar-refractivity contribution in [3.8, 4) is 0 Å². The predicted molar refractivity (Wildman–Crippen MR) is 82.8 cm³/mol. The molecule has 1 aliphatic rings. The predicted octanol–water partition coefficient (Wildman–Crippen LogP) is 2.53. The summed E-state index contributed by atoms with van der Waals surface area (Å²) in [7, 11) is 1.96. The van der Waals surface area contributed by atoms with Crippen molar-refractivity contribution in [2.75, 3.05) is 20.1 Å². The van der Waals surface area contributed by atoms with Crippen molar-refractivity contribution in [2.24, 2.45) is 0 Å². The van der Waals surface area contributed by atoms with E-state index in [4.69, 9.17) is 0 Å². The van der Waals surface area contributed by atoms with Gasteiger partial charge in [-0.2, -0.15) is 0 Å². The third kappa shape index (κ3) is 4.07. The monoisotopic (exact) mass is 274 g/mol. The van der Waals surface area contributed by atoms with Gasteiger partial charge in [-0.05, 0) is 45.2 Å². The molecule has 1 N–H and O–H groups in total.